The van der Waals surface area contributed by atoms with Crippen molar-refractivity contribution in [3.8, 4) is 0 Å². The van der Waals surface area contributed by atoms with E-state index in [9.17, 15) is 14.6 Å². The molecule has 0 radical (unpaired) electrons. The van der Waals surface area contributed by atoms with Gasteiger partial charge in [-0.2, -0.15) is 0 Å². The van der Waals surface area contributed by atoms with Crippen molar-refractivity contribution in [1.82, 2.24) is 0 Å². The lowest BCUT2D eigenvalue weighted by atomic mass is 9.95. The predicted octanol–water partition coefficient (Wildman–Crippen LogP) is 1.72. The summed E-state index contributed by atoms with van der Waals surface area (Å²) >= 11 is 0. The highest BCUT2D eigenvalue weighted by molar-refractivity contribution is 5.85. The van der Waals surface area contributed by atoms with Gasteiger partial charge in [0.15, 0.2) is 5.60 Å². The molecule has 2 atom stereocenters. The van der Waals surface area contributed by atoms with Gasteiger partial charge in [-0.1, -0.05) is 0 Å². The van der Waals surface area contributed by atoms with Crippen molar-refractivity contribution in [2.75, 3.05) is 11.9 Å². The Morgan fingerprint density at radius 3 is 2.90 bits per heavy atom. The van der Waals surface area contributed by atoms with Crippen molar-refractivity contribution >= 4 is 11.6 Å². The van der Waals surface area contributed by atoms with Crippen molar-refractivity contribution in [2.24, 2.45) is 0 Å². The van der Waals surface area contributed by atoms with E-state index >= 15 is 0 Å². The minimum atomic E-state index is -1.56. The molecule has 0 saturated carbocycles. The van der Waals surface area contributed by atoms with Crippen LogP contribution in [0, 0.1) is 11.2 Å². The average molecular weight is 282 g/mol. The van der Waals surface area contributed by atoms with Gasteiger partial charge in [-0.15, -0.1) is 0 Å². The van der Waals surface area contributed by atoms with E-state index in [1.54, 1.807) is 13.0 Å². The van der Waals surface area contributed by atoms with Gasteiger partial charge < -0.3 is 20.3 Å². The van der Waals surface area contributed by atoms with E-state index in [-0.39, 0.29) is 18.2 Å². The molecule has 0 amide bonds. The van der Waals surface area contributed by atoms with E-state index in [0.717, 1.165) is 5.56 Å². The third-order valence-corrected chi connectivity index (χ3v) is 3.42. The number of aryl methyl sites for hydroxylation is 1. The van der Waals surface area contributed by atoms with E-state index in [0.29, 0.717) is 18.4 Å². The van der Waals surface area contributed by atoms with Crippen molar-refractivity contribution in [1.29, 1.82) is 5.41 Å². The molecule has 1 aliphatic carbocycles. The van der Waals surface area contributed by atoms with Crippen LogP contribution in [0.1, 0.15) is 31.4 Å². The van der Waals surface area contributed by atoms with E-state index in [1.165, 1.54) is 13.0 Å². The molecule has 0 fully saturated rings. The number of anilines is 1. The summed E-state index contributed by atoms with van der Waals surface area (Å²) in [6.45, 7) is 3.50. The molecule has 20 heavy (non-hydrogen) atoms. The van der Waals surface area contributed by atoms with E-state index in [1.807, 2.05) is 0 Å². The molecule has 0 spiro atoms. The Kier molecular flexibility index (Phi) is 3.96. The number of nitrogens with one attached hydrogen (secondary N) is 2. The summed E-state index contributed by atoms with van der Waals surface area (Å²) in [7, 11) is 0. The van der Waals surface area contributed by atoms with Gasteiger partial charge in [0, 0.05) is 0 Å². The molecule has 1 aromatic carbocycles. The molecule has 0 aliphatic heterocycles. The molecule has 0 aromatic heterocycles. The van der Waals surface area contributed by atoms with Crippen LogP contribution in [0.15, 0.2) is 12.1 Å². The molecule has 5 nitrogen and oxygen atoms in total. The summed E-state index contributed by atoms with van der Waals surface area (Å²) in [6.07, 6.45) is -0.0565. The summed E-state index contributed by atoms with van der Waals surface area (Å²) in [5.41, 5.74) is -0.257. The fourth-order valence-electron chi connectivity index (χ4n) is 2.50. The Morgan fingerprint density at radius 1 is 1.60 bits per heavy atom. The molecular weight excluding hydrogens is 263 g/mol. The van der Waals surface area contributed by atoms with Gasteiger partial charge in [0.1, 0.15) is 12.0 Å². The monoisotopic (exact) mass is 282 g/mol. The fraction of sp³-hybridized carbons (Fsp3) is 0.500. The maximum absolute atomic E-state index is 14.0. The minimum absolute atomic E-state index is 0.186. The molecule has 4 N–H and O–H groups in total. The highest BCUT2D eigenvalue weighted by atomic mass is 19.1. The number of aliphatic hydroxyl groups excluding tert-OH is 1. The maximum atomic E-state index is 14.0. The second-order valence-electron chi connectivity index (χ2n) is 4.93. The van der Waals surface area contributed by atoms with E-state index in [2.05, 4.69) is 5.32 Å². The molecule has 1 aliphatic rings. The molecular formula is C14H19FN2O3. The summed E-state index contributed by atoms with van der Waals surface area (Å²) in [5, 5.41) is 30.2. The van der Waals surface area contributed by atoms with Gasteiger partial charge in [-0.05, 0) is 49.9 Å². The zero-order valence-electron chi connectivity index (χ0n) is 11.5. The zero-order valence-corrected chi connectivity index (χ0v) is 11.5. The van der Waals surface area contributed by atoms with Crippen LogP contribution >= 0.6 is 0 Å². The first-order chi connectivity index (χ1) is 9.38. The van der Waals surface area contributed by atoms with Crippen LogP contribution in [0.5, 0.6) is 0 Å². The molecule has 2 unspecified atom stereocenters. The normalized spacial score (nSPS) is 22.2. The first-order valence-corrected chi connectivity index (χ1v) is 6.60. The third kappa shape index (κ3) is 2.48. The summed E-state index contributed by atoms with van der Waals surface area (Å²) < 4.78 is 19.1. The topological polar surface area (TPSA) is 85.6 Å². The lowest BCUT2D eigenvalue weighted by molar-refractivity contribution is 0.0780. The first kappa shape index (κ1) is 14.7. The fourth-order valence-corrected chi connectivity index (χ4v) is 2.50. The molecule has 6 heteroatoms. The number of hydrogen-bond acceptors (Lipinski definition) is 5. The zero-order chi connectivity index (χ0) is 14.9. The average Bonchev–Trinajstić information content (AvgIpc) is 2.69. The number of fused-ring (bicyclic) bond motifs is 1. The van der Waals surface area contributed by atoms with Crippen molar-refractivity contribution in [3.05, 3.63) is 29.1 Å². The van der Waals surface area contributed by atoms with Crippen LogP contribution in [-0.2, 0) is 16.8 Å². The van der Waals surface area contributed by atoms with Crippen LogP contribution in [0.4, 0.5) is 10.1 Å². The van der Waals surface area contributed by atoms with Crippen molar-refractivity contribution in [3.63, 3.8) is 0 Å². The molecule has 0 heterocycles. The Labute approximate surface area is 116 Å². The number of aliphatic hydroxyl groups is 2. The maximum Gasteiger partial charge on any atom is 0.218 e. The SMILES string of the molecule is CCOC(=N)C1(O)CCc2cc(NC(C)O)c(F)cc21. The van der Waals surface area contributed by atoms with Gasteiger partial charge >= 0.3 is 0 Å². The second-order valence-corrected chi connectivity index (χ2v) is 4.93. The highest BCUT2D eigenvalue weighted by Crippen LogP contribution is 2.40. The molecule has 110 valence electrons. The molecule has 2 rings (SSSR count). The number of rotatable bonds is 4. The number of ether oxygens (including phenoxy) is 1. The van der Waals surface area contributed by atoms with Crippen LogP contribution < -0.4 is 5.32 Å². The Hall–Kier alpha value is -1.66. The number of halogens is 1. The number of benzene rings is 1. The van der Waals surface area contributed by atoms with Crippen molar-refractivity contribution in [2.45, 2.75) is 38.5 Å². The van der Waals surface area contributed by atoms with Gasteiger partial charge in [0.05, 0.1) is 12.3 Å². The minimum Gasteiger partial charge on any atom is -0.479 e. The van der Waals surface area contributed by atoms with E-state index in [4.69, 9.17) is 10.1 Å². The standard InChI is InChI=1S/C14H19FN2O3/c1-3-20-13(16)14(19)5-4-9-6-12(17-8(2)18)11(15)7-10(9)14/h6-8,16-19H,3-5H2,1-2H3. The lowest BCUT2D eigenvalue weighted by Crippen LogP contribution is -2.34. The summed E-state index contributed by atoms with van der Waals surface area (Å²) in [5.74, 6) is -0.830. The Bertz CT molecular complexity index is 533. The van der Waals surface area contributed by atoms with Crippen LogP contribution in [0.3, 0.4) is 0 Å². The van der Waals surface area contributed by atoms with Crippen LogP contribution in [0.2, 0.25) is 0 Å². The van der Waals surface area contributed by atoms with Crippen molar-refractivity contribution < 1.29 is 19.3 Å². The van der Waals surface area contributed by atoms with E-state index < -0.39 is 17.6 Å². The van der Waals surface area contributed by atoms with Gasteiger partial charge in [-0.25, -0.2) is 4.39 Å². The van der Waals surface area contributed by atoms with Crippen LogP contribution in [-0.4, -0.2) is 28.9 Å². The Balaban J connectivity index is 2.38. The largest absolute Gasteiger partial charge is 0.479 e. The molecule has 1 aromatic rings. The smallest absolute Gasteiger partial charge is 0.218 e. The summed E-state index contributed by atoms with van der Waals surface area (Å²) in [6, 6.07) is 2.77. The predicted molar refractivity (Wildman–Crippen MR) is 73.3 cm³/mol. The summed E-state index contributed by atoms with van der Waals surface area (Å²) in [4.78, 5) is 0. The van der Waals surface area contributed by atoms with Gasteiger partial charge in [-0.3, -0.25) is 5.41 Å². The highest BCUT2D eigenvalue weighted by Gasteiger charge is 2.43. The van der Waals surface area contributed by atoms with Gasteiger partial charge in [0.2, 0.25) is 5.90 Å². The van der Waals surface area contributed by atoms with Gasteiger partial charge in [0.25, 0.3) is 0 Å². The third-order valence-electron chi connectivity index (χ3n) is 3.42. The Morgan fingerprint density at radius 2 is 2.30 bits per heavy atom. The molecule has 0 bridgehead atoms. The first-order valence-electron chi connectivity index (χ1n) is 6.60. The molecule has 0 saturated heterocycles. The number of hydrogen-bond donors (Lipinski definition) is 4. The van der Waals surface area contributed by atoms with Crippen LogP contribution in [0.25, 0.3) is 0 Å². The quantitative estimate of drug-likeness (QED) is 0.385. The lowest BCUT2D eigenvalue weighted by Gasteiger charge is -2.24. The second kappa shape index (κ2) is 5.38.